The van der Waals surface area contributed by atoms with E-state index in [0.717, 1.165) is 4.88 Å². The third-order valence-corrected chi connectivity index (χ3v) is 4.51. The van der Waals surface area contributed by atoms with Gasteiger partial charge in [0.15, 0.2) is 0 Å². The minimum atomic E-state index is -1.32. The molecule has 0 saturated heterocycles. The molecule has 0 bridgehead atoms. The van der Waals surface area contributed by atoms with Gasteiger partial charge in [-0.3, -0.25) is 14.9 Å². The van der Waals surface area contributed by atoms with Gasteiger partial charge in [-0.1, -0.05) is 6.07 Å². The molecule has 2 atom stereocenters. The Morgan fingerprint density at radius 1 is 1.52 bits per heavy atom. The Bertz CT molecular complexity index is 692. The van der Waals surface area contributed by atoms with E-state index in [1.807, 2.05) is 31.4 Å². The number of aromatic nitrogens is 2. The van der Waals surface area contributed by atoms with Crippen LogP contribution in [0, 0.1) is 10.1 Å². The van der Waals surface area contributed by atoms with Gasteiger partial charge in [0, 0.05) is 21.4 Å². The Hall–Kier alpha value is -2.22. The molecule has 1 aliphatic heterocycles. The average molecular weight is 306 g/mol. The van der Waals surface area contributed by atoms with Crippen molar-refractivity contribution in [2.75, 3.05) is 5.32 Å². The monoisotopic (exact) mass is 306 g/mol. The van der Waals surface area contributed by atoms with Crippen molar-refractivity contribution >= 4 is 23.1 Å². The van der Waals surface area contributed by atoms with Crippen LogP contribution in [0.4, 0.5) is 5.82 Å². The van der Waals surface area contributed by atoms with Crippen molar-refractivity contribution in [3.05, 3.63) is 44.3 Å². The molecule has 8 heteroatoms. The molecular weight excluding hydrogens is 292 g/mol. The van der Waals surface area contributed by atoms with E-state index in [1.54, 1.807) is 10.9 Å². The molecule has 0 fully saturated rings. The van der Waals surface area contributed by atoms with Crippen LogP contribution in [-0.2, 0) is 4.79 Å². The van der Waals surface area contributed by atoms with E-state index in [0.29, 0.717) is 11.4 Å². The molecule has 110 valence electrons. The zero-order valence-electron chi connectivity index (χ0n) is 11.5. The third-order valence-electron chi connectivity index (χ3n) is 3.55. The fourth-order valence-electron chi connectivity index (χ4n) is 2.63. The number of anilines is 1. The quantitative estimate of drug-likeness (QED) is 0.695. The number of nitrogens with zero attached hydrogens (tertiary/aromatic N) is 3. The number of thiophene rings is 1. The van der Waals surface area contributed by atoms with Crippen LogP contribution in [0.5, 0.6) is 0 Å². The van der Waals surface area contributed by atoms with E-state index in [-0.39, 0.29) is 6.04 Å². The highest BCUT2D eigenvalue weighted by atomic mass is 32.1. The lowest BCUT2D eigenvalue weighted by molar-refractivity contribution is -0.509. The Balaban J connectivity index is 2.18. The Kier molecular flexibility index (Phi) is 3.25. The van der Waals surface area contributed by atoms with Crippen molar-refractivity contribution in [3.8, 4) is 0 Å². The first kappa shape index (κ1) is 13.7. The fraction of sp³-hybridized carbons (Fsp3) is 0.385. The number of carbonyl (C=O) groups excluding carboxylic acids is 1. The standard InChI is InChI=1S/C13H14N4O3S/c1-7(2)16-12-8(6-14-16)10(9-4-3-5-21-9)11(17(19)20)13(18)15-12/h3-7,10-11H,1-2H3,(H,15,18). The minimum absolute atomic E-state index is 0.0604. The molecular formula is C13H14N4O3S. The minimum Gasteiger partial charge on any atom is -0.305 e. The number of nitro groups is 1. The van der Waals surface area contributed by atoms with Crippen molar-refractivity contribution in [2.45, 2.75) is 31.8 Å². The van der Waals surface area contributed by atoms with E-state index in [9.17, 15) is 14.9 Å². The first-order chi connectivity index (χ1) is 10.0. The highest BCUT2D eigenvalue weighted by molar-refractivity contribution is 7.10. The molecule has 3 heterocycles. The summed E-state index contributed by atoms with van der Waals surface area (Å²) in [4.78, 5) is 23.8. The summed E-state index contributed by atoms with van der Waals surface area (Å²) in [6, 6.07) is 2.39. The molecule has 21 heavy (non-hydrogen) atoms. The summed E-state index contributed by atoms with van der Waals surface area (Å²) in [6.45, 7) is 3.89. The summed E-state index contributed by atoms with van der Waals surface area (Å²) < 4.78 is 1.68. The van der Waals surface area contributed by atoms with Crippen LogP contribution in [0.15, 0.2) is 23.7 Å². The molecule has 2 aromatic rings. The van der Waals surface area contributed by atoms with Crippen LogP contribution < -0.4 is 5.32 Å². The fourth-order valence-corrected chi connectivity index (χ4v) is 3.50. The topological polar surface area (TPSA) is 90.1 Å². The molecule has 2 unspecified atom stereocenters. The van der Waals surface area contributed by atoms with E-state index >= 15 is 0 Å². The second kappa shape index (κ2) is 4.96. The van der Waals surface area contributed by atoms with Gasteiger partial charge in [0.1, 0.15) is 11.7 Å². The summed E-state index contributed by atoms with van der Waals surface area (Å²) in [5.74, 6) is -0.615. The van der Waals surface area contributed by atoms with Crippen LogP contribution in [0.25, 0.3) is 0 Å². The molecule has 3 rings (SSSR count). The maximum absolute atomic E-state index is 12.2. The van der Waals surface area contributed by atoms with Crippen LogP contribution in [0.1, 0.15) is 36.2 Å². The van der Waals surface area contributed by atoms with Crippen LogP contribution >= 0.6 is 11.3 Å². The van der Waals surface area contributed by atoms with Crippen molar-refractivity contribution in [1.82, 2.24) is 9.78 Å². The van der Waals surface area contributed by atoms with E-state index in [2.05, 4.69) is 10.4 Å². The number of amides is 1. The lowest BCUT2D eigenvalue weighted by Gasteiger charge is -2.26. The first-order valence-electron chi connectivity index (χ1n) is 6.56. The summed E-state index contributed by atoms with van der Waals surface area (Å²) in [5.41, 5.74) is 0.701. The van der Waals surface area contributed by atoms with Crippen molar-refractivity contribution in [3.63, 3.8) is 0 Å². The number of hydrogen-bond donors (Lipinski definition) is 1. The van der Waals surface area contributed by atoms with E-state index < -0.39 is 22.8 Å². The SMILES string of the molecule is CC(C)n1ncc2c1NC(=O)C([N+](=O)[O-])C2c1cccs1. The highest BCUT2D eigenvalue weighted by Crippen LogP contribution is 2.40. The molecule has 1 aliphatic rings. The maximum atomic E-state index is 12.2. The van der Waals surface area contributed by atoms with Crippen molar-refractivity contribution in [2.24, 2.45) is 0 Å². The molecule has 2 aromatic heterocycles. The molecule has 1 amide bonds. The predicted octanol–water partition coefficient (Wildman–Crippen LogP) is 2.25. The molecule has 0 spiro atoms. The number of hydrogen-bond acceptors (Lipinski definition) is 5. The number of rotatable bonds is 3. The van der Waals surface area contributed by atoms with Crippen molar-refractivity contribution < 1.29 is 9.72 Å². The van der Waals surface area contributed by atoms with Crippen LogP contribution in [-0.4, -0.2) is 26.7 Å². The summed E-state index contributed by atoms with van der Waals surface area (Å²) in [7, 11) is 0. The van der Waals surface area contributed by atoms with Gasteiger partial charge in [0.05, 0.1) is 6.20 Å². The molecule has 0 aromatic carbocycles. The lowest BCUT2D eigenvalue weighted by atomic mass is 9.88. The van der Waals surface area contributed by atoms with Crippen LogP contribution in [0.3, 0.4) is 0 Å². The molecule has 7 nitrogen and oxygen atoms in total. The summed E-state index contributed by atoms with van der Waals surface area (Å²) in [5, 5.41) is 20.1. The normalized spacial score (nSPS) is 21.2. The van der Waals surface area contributed by atoms with Gasteiger partial charge in [0.25, 0.3) is 0 Å². The molecule has 1 N–H and O–H groups in total. The third kappa shape index (κ3) is 2.11. The van der Waals surface area contributed by atoms with E-state index in [4.69, 9.17) is 0 Å². The van der Waals surface area contributed by atoms with Gasteiger partial charge in [-0.05, 0) is 25.3 Å². The second-order valence-electron chi connectivity index (χ2n) is 5.20. The zero-order chi connectivity index (χ0) is 15.1. The largest absolute Gasteiger partial charge is 0.305 e. The van der Waals surface area contributed by atoms with Crippen molar-refractivity contribution in [1.29, 1.82) is 0 Å². The van der Waals surface area contributed by atoms with E-state index in [1.165, 1.54) is 11.3 Å². The van der Waals surface area contributed by atoms with Gasteiger partial charge >= 0.3 is 11.9 Å². The maximum Gasteiger partial charge on any atom is 0.301 e. The number of nitrogens with one attached hydrogen (secondary N) is 1. The zero-order valence-corrected chi connectivity index (χ0v) is 12.3. The number of fused-ring (bicyclic) bond motifs is 1. The van der Waals surface area contributed by atoms with Gasteiger partial charge in [-0.2, -0.15) is 5.10 Å². The lowest BCUT2D eigenvalue weighted by Crippen LogP contribution is -2.44. The van der Waals surface area contributed by atoms with Gasteiger partial charge in [-0.25, -0.2) is 4.68 Å². The van der Waals surface area contributed by atoms with Gasteiger partial charge in [-0.15, -0.1) is 11.3 Å². The van der Waals surface area contributed by atoms with Gasteiger partial charge in [0.2, 0.25) is 0 Å². The average Bonchev–Trinajstić information content (AvgIpc) is 3.05. The Morgan fingerprint density at radius 3 is 2.86 bits per heavy atom. The Morgan fingerprint density at radius 2 is 2.29 bits per heavy atom. The van der Waals surface area contributed by atoms with Gasteiger partial charge < -0.3 is 5.32 Å². The predicted molar refractivity (Wildman–Crippen MR) is 78.2 cm³/mol. The highest BCUT2D eigenvalue weighted by Gasteiger charge is 2.47. The first-order valence-corrected chi connectivity index (χ1v) is 7.44. The Labute approximate surface area is 124 Å². The number of carbonyl (C=O) groups is 1. The smallest absolute Gasteiger partial charge is 0.301 e. The summed E-state index contributed by atoms with van der Waals surface area (Å²) in [6.07, 6.45) is 1.62. The molecule has 0 aliphatic carbocycles. The second-order valence-corrected chi connectivity index (χ2v) is 6.18. The molecule has 0 saturated carbocycles. The van der Waals surface area contributed by atoms with Crippen LogP contribution in [0.2, 0.25) is 0 Å². The molecule has 0 radical (unpaired) electrons. The summed E-state index contributed by atoms with van der Waals surface area (Å²) >= 11 is 1.41.